The molecular formula is C21H21N3OS2. The maximum atomic E-state index is 12.6. The number of aromatic nitrogens is 3. The minimum Gasteiger partial charge on any atom is -0.309 e. The van der Waals surface area contributed by atoms with Crippen molar-refractivity contribution in [2.24, 2.45) is 0 Å². The maximum Gasteiger partial charge on any atom is 0.259 e. The van der Waals surface area contributed by atoms with E-state index < -0.39 is 0 Å². The van der Waals surface area contributed by atoms with Gasteiger partial charge in [-0.05, 0) is 57.4 Å². The van der Waals surface area contributed by atoms with Gasteiger partial charge in [-0.3, -0.25) is 4.79 Å². The van der Waals surface area contributed by atoms with Crippen LogP contribution >= 0.6 is 23.1 Å². The van der Waals surface area contributed by atoms with Crippen LogP contribution in [0, 0.1) is 27.7 Å². The second kappa shape index (κ2) is 6.77. The van der Waals surface area contributed by atoms with Crippen LogP contribution in [0.1, 0.15) is 39.6 Å². The molecule has 3 aromatic heterocycles. The van der Waals surface area contributed by atoms with Gasteiger partial charge < -0.3 is 4.98 Å². The first-order valence-electron chi connectivity index (χ1n) is 8.88. The number of nitrogens with one attached hydrogen (secondary N) is 1. The highest BCUT2D eigenvalue weighted by Gasteiger charge is 2.17. The fraction of sp³-hybridized carbons (Fsp3) is 0.286. The first kappa shape index (κ1) is 18.2. The van der Waals surface area contributed by atoms with E-state index in [0.29, 0.717) is 11.2 Å². The van der Waals surface area contributed by atoms with Crippen LogP contribution < -0.4 is 5.56 Å². The molecule has 0 saturated carbocycles. The number of rotatable bonds is 3. The first-order chi connectivity index (χ1) is 12.8. The van der Waals surface area contributed by atoms with Crippen LogP contribution in [0.2, 0.25) is 0 Å². The van der Waals surface area contributed by atoms with E-state index in [1.165, 1.54) is 16.5 Å². The van der Waals surface area contributed by atoms with Gasteiger partial charge in [-0.25, -0.2) is 9.97 Å². The molecule has 4 rings (SSSR count). The second-order valence-electron chi connectivity index (χ2n) is 6.92. The van der Waals surface area contributed by atoms with E-state index >= 15 is 0 Å². The highest BCUT2D eigenvalue weighted by atomic mass is 32.2. The molecule has 4 aromatic rings. The molecule has 0 spiro atoms. The third-order valence-corrected chi connectivity index (χ3v) is 7.09. The fourth-order valence-electron chi connectivity index (χ4n) is 3.29. The van der Waals surface area contributed by atoms with E-state index in [4.69, 9.17) is 9.97 Å². The van der Waals surface area contributed by atoms with Gasteiger partial charge in [0.1, 0.15) is 10.7 Å². The molecule has 0 aliphatic heterocycles. The predicted molar refractivity (Wildman–Crippen MR) is 115 cm³/mol. The quantitative estimate of drug-likeness (QED) is 0.457. The number of nitrogens with zero attached hydrogens (tertiary/aromatic N) is 2. The Bertz CT molecular complexity index is 1240. The van der Waals surface area contributed by atoms with Crippen molar-refractivity contribution >= 4 is 44.2 Å². The zero-order valence-electron chi connectivity index (χ0n) is 16.0. The van der Waals surface area contributed by atoms with Crippen molar-refractivity contribution in [2.75, 3.05) is 0 Å². The summed E-state index contributed by atoms with van der Waals surface area (Å²) in [6.07, 6.45) is 0. The number of aromatic amines is 1. The molecule has 1 aromatic carbocycles. The Kier molecular flexibility index (Phi) is 4.56. The van der Waals surface area contributed by atoms with E-state index in [-0.39, 0.29) is 10.8 Å². The number of benzene rings is 1. The summed E-state index contributed by atoms with van der Waals surface area (Å²) in [5, 5.41) is 2.85. The van der Waals surface area contributed by atoms with Crippen LogP contribution in [0.5, 0.6) is 0 Å². The number of hydrogen-bond donors (Lipinski definition) is 1. The van der Waals surface area contributed by atoms with Gasteiger partial charge in [0.25, 0.3) is 5.56 Å². The van der Waals surface area contributed by atoms with Crippen molar-refractivity contribution in [1.82, 2.24) is 15.0 Å². The van der Waals surface area contributed by atoms with E-state index in [9.17, 15) is 4.79 Å². The van der Waals surface area contributed by atoms with Gasteiger partial charge in [0.05, 0.1) is 21.2 Å². The smallest absolute Gasteiger partial charge is 0.259 e. The average molecular weight is 396 g/mol. The number of thioether (sulfide) groups is 1. The third-order valence-electron chi connectivity index (χ3n) is 4.96. The summed E-state index contributed by atoms with van der Waals surface area (Å²) < 4.78 is 0. The minimum absolute atomic E-state index is 0.00168. The van der Waals surface area contributed by atoms with Gasteiger partial charge in [-0.15, -0.1) is 11.3 Å². The normalized spacial score (nSPS) is 12.8. The highest BCUT2D eigenvalue weighted by Crippen LogP contribution is 2.35. The van der Waals surface area contributed by atoms with E-state index in [1.807, 2.05) is 13.8 Å². The van der Waals surface area contributed by atoms with Crippen molar-refractivity contribution in [2.45, 2.75) is 44.9 Å². The molecule has 4 nitrogen and oxygen atoms in total. The lowest BCUT2D eigenvalue weighted by Gasteiger charge is -2.12. The highest BCUT2D eigenvalue weighted by molar-refractivity contribution is 7.99. The Labute approximate surface area is 166 Å². The van der Waals surface area contributed by atoms with Gasteiger partial charge in [0.2, 0.25) is 0 Å². The topological polar surface area (TPSA) is 58.6 Å². The third kappa shape index (κ3) is 3.17. The van der Waals surface area contributed by atoms with E-state index in [0.717, 1.165) is 25.8 Å². The Balaban J connectivity index is 1.73. The van der Waals surface area contributed by atoms with Gasteiger partial charge >= 0.3 is 0 Å². The largest absolute Gasteiger partial charge is 0.309 e. The molecule has 1 N–H and O–H groups in total. The number of pyridine rings is 1. The van der Waals surface area contributed by atoms with Crippen LogP contribution in [-0.4, -0.2) is 15.0 Å². The monoisotopic (exact) mass is 395 g/mol. The molecule has 0 fully saturated rings. The molecule has 0 aliphatic carbocycles. The van der Waals surface area contributed by atoms with Crippen molar-refractivity contribution < 1.29 is 0 Å². The number of hydrogen-bond acceptors (Lipinski definition) is 5. The van der Waals surface area contributed by atoms with Crippen molar-refractivity contribution in [3.05, 3.63) is 62.0 Å². The van der Waals surface area contributed by atoms with Crippen LogP contribution in [0.25, 0.3) is 21.1 Å². The van der Waals surface area contributed by atoms with Crippen molar-refractivity contribution in [1.29, 1.82) is 0 Å². The molecule has 27 heavy (non-hydrogen) atoms. The lowest BCUT2D eigenvalue weighted by molar-refractivity contribution is 0.921. The molecule has 6 heteroatoms. The number of thiophene rings is 1. The number of H-pyrrole nitrogens is 1. The molecule has 1 atom stereocenters. The van der Waals surface area contributed by atoms with Crippen LogP contribution in [0.15, 0.2) is 34.1 Å². The predicted octanol–water partition coefficient (Wildman–Crippen LogP) is 5.62. The van der Waals surface area contributed by atoms with E-state index in [1.54, 1.807) is 23.1 Å². The molecule has 0 saturated heterocycles. The molecule has 0 amide bonds. The average Bonchev–Trinajstić information content (AvgIpc) is 2.90. The Morgan fingerprint density at radius 2 is 1.89 bits per heavy atom. The summed E-state index contributed by atoms with van der Waals surface area (Å²) in [6, 6.07) is 8.37. The van der Waals surface area contributed by atoms with Gasteiger partial charge in [-0.1, -0.05) is 30.0 Å². The molecule has 0 aliphatic rings. The zero-order valence-corrected chi connectivity index (χ0v) is 17.6. The zero-order chi connectivity index (χ0) is 19.3. The summed E-state index contributed by atoms with van der Waals surface area (Å²) in [4.78, 5) is 27.1. The lowest BCUT2D eigenvalue weighted by atomic mass is 10.1. The standard InChI is InChI=1S/C21H21N3OS2/c1-10-7-6-8-15-11(2)9-16(22-18(10)15)26-14(5)19-23-20(25)17-12(3)13(4)27-21(17)24-19/h6-9,14H,1-5H3,(H,23,24,25)/t14-/m0/s1. The SMILES string of the molecule is Cc1sc2nc([C@H](C)Sc3cc(C)c4cccc(C)c4n3)[nH]c(=O)c2c1C. The summed E-state index contributed by atoms with van der Waals surface area (Å²) in [6.45, 7) is 10.3. The van der Waals surface area contributed by atoms with Crippen molar-refractivity contribution in [3.8, 4) is 0 Å². The molecule has 3 heterocycles. The van der Waals surface area contributed by atoms with Crippen LogP contribution in [0.4, 0.5) is 0 Å². The van der Waals surface area contributed by atoms with Gasteiger partial charge in [-0.2, -0.15) is 0 Å². The fourth-order valence-corrected chi connectivity index (χ4v) is 5.30. The summed E-state index contributed by atoms with van der Waals surface area (Å²) in [5.41, 5.74) is 4.39. The summed E-state index contributed by atoms with van der Waals surface area (Å²) >= 11 is 3.20. The molecule has 138 valence electrons. The first-order valence-corrected chi connectivity index (χ1v) is 10.6. The second-order valence-corrected chi connectivity index (χ2v) is 9.49. The minimum atomic E-state index is -0.0530. The molecule has 0 bridgehead atoms. The Morgan fingerprint density at radius 1 is 1.11 bits per heavy atom. The molecule has 0 radical (unpaired) electrons. The number of para-hydroxylation sites is 1. The number of aryl methyl sites for hydroxylation is 4. The number of fused-ring (bicyclic) bond motifs is 2. The van der Waals surface area contributed by atoms with Crippen molar-refractivity contribution in [3.63, 3.8) is 0 Å². The summed E-state index contributed by atoms with van der Waals surface area (Å²) in [5.74, 6) is 0.697. The Morgan fingerprint density at radius 3 is 2.67 bits per heavy atom. The Hall–Kier alpha value is -2.18. The van der Waals surface area contributed by atoms with Crippen LogP contribution in [0.3, 0.4) is 0 Å². The van der Waals surface area contributed by atoms with Gasteiger partial charge in [0, 0.05) is 10.3 Å². The summed E-state index contributed by atoms with van der Waals surface area (Å²) in [7, 11) is 0. The maximum absolute atomic E-state index is 12.6. The van der Waals surface area contributed by atoms with E-state index in [2.05, 4.69) is 50.0 Å². The van der Waals surface area contributed by atoms with Gasteiger partial charge in [0.15, 0.2) is 0 Å². The van der Waals surface area contributed by atoms with Crippen LogP contribution in [-0.2, 0) is 0 Å². The molecular weight excluding hydrogens is 374 g/mol. The molecule has 0 unspecified atom stereocenters. The lowest BCUT2D eigenvalue weighted by Crippen LogP contribution is -2.12.